The molecule has 2 heterocycles. The highest BCUT2D eigenvalue weighted by Crippen LogP contribution is 2.40. The Morgan fingerprint density at radius 2 is 1.87 bits per heavy atom. The number of nitrogens with one attached hydrogen (secondary N) is 1. The third kappa shape index (κ3) is 6.95. The SMILES string of the molecule is CC(C(=O)O)[C@H](CCN1CCCC(F)(F)C1)NC(=O)c1cc(-c2ccccc2C(F)(F)F)n(C2CCCC2)n1. The van der Waals surface area contributed by atoms with E-state index >= 15 is 0 Å². The number of aromatic nitrogens is 2. The van der Waals surface area contributed by atoms with E-state index in [4.69, 9.17) is 0 Å². The van der Waals surface area contributed by atoms with Gasteiger partial charge in [0, 0.05) is 24.6 Å². The Morgan fingerprint density at radius 1 is 1.18 bits per heavy atom. The minimum absolute atomic E-state index is 0.0927. The molecule has 2 N–H and O–H groups in total. The number of carbonyl (C=O) groups excluding carboxylic acids is 1. The maximum absolute atomic E-state index is 13.8. The number of nitrogens with zero attached hydrogens (tertiary/aromatic N) is 3. The number of amides is 1. The standard InChI is InChI=1S/C27H33F5N4O3/c1-17(25(38)39)21(11-14-35-13-6-12-26(28,29)16-35)33-24(37)22-15-23(36(34-22)18-7-2-3-8-18)19-9-4-5-10-20(19)27(30,31)32/h4-5,9-10,15,17-18,21H,2-3,6-8,11-14,16H2,1H3,(H,33,37)(H,38,39)/t17?,21-/m0/s1. The molecule has 4 rings (SSSR count). The quantitative estimate of drug-likeness (QED) is 0.392. The molecule has 1 amide bonds. The average Bonchev–Trinajstić information content (AvgIpc) is 3.55. The molecule has 1 aromatic carbocycles. The molecule has 7 nitrogen and oxygen atoms in total. The van der Waals surface area contributed by atoms with Crippen LogP contribution in [0.5, 0.6) is 0 Å². The van der Waals surface area contributed by atoms with Crippen molar-refractivity contribution >= 4 is 11.9 Å². The van der Waals surface area contributed by atoms with E-state index in [1.54, 1.807) is 4.90 Å². The first-order valence-electron chi connectivity index (χ1n) is 13.3. The van der Waals surface area contributed by atoms with Crippen LogP contribution in [0.25, 0.3) is 11.3 Å². The van der Waals surface area contributed by atoms with Gasteiger partial charge >= 0.3 is 12.1 Å². The van der Waals surface area contributed by atoms with Crippen LogP contribution in [0.15, 0.2) is 30.3 Å². The Labute approximate surface area is 223 Å². The molecule has 39 heavy (non-hydrogen) atoms. The second kappa shape index (κ2) is 11.6. The van der Waals surface area contributed by atoms with E-state index < -0.39 is 48.0 Å². The van der Waals surface area contributed by atoms with Crippen molar-refractivity contribution in [2.24, 2.45) is 5.92 Å². The van der Waals surface area contributed by atoms with Crippen molar-refractivity contribution in [2.75, 3.05) is 19.6 Å². The number of halogens is 5. The van der Waals surface area contributed by atoms with Crippen LogP contribution in [-0.2, 0) is 11.0 Å². The van der Waals surface area contributed by atoms with E-state index in [0.717, 1.165) is 18.9 Å². The summed E-state index contributed by atoms with van der Waals surface area (Å²) in [7, 11) is 0. The summed E-state index contributed by atoms with van der Waals surface area (Å²) in [6, 6.07) is 5.36. The zero-order chi connectivity index (χ0) is 28.4. The smallest absolute Gasteiger partial charge is 0.417 e. The maximum atomic E-state index is 13.8. The molecular formula is C27H33F5N4O3. The van der Waals surface area contributed by atoms with Crippen LogP contribution < -0.4 is 5.32 Å². The molecule has 2 aliphatic rings. The van der Waals surface area contributed by atoms with Crippen LogP contribution in [0.1, 0.15) is 74.0 Å². The van der Waals surface area contributed by atoms with Gasteiger partial charge < -0.3 is 10.4 Å². The summed E-state index contributed by atoms with van der Waals surface area (Å²) >= 11 is 0. The van der Waals surface area contributed by atoms with Crippen molar-refractivity contribution in [3.63, 3.8) is 0 Å². The van der Waals surface area contributed by atoms with E-state index in [0.29, 0.717) is 25.8 Å². The van der Waals surface area contributed by atoms with Gasteiger partial charge in [-0.2, -0.15) is 18.3 Å². The Hall–Kier alpha value is -3.02. The summed E-state index contributed by atoms with van der Waals surface area (Å²) in [5, 5.41) is 16.7. The van der Waals surface area contributed by atoms with Gasteiger partial charge in [-0.25, -0.2) is 8.78 Å². The fourth-order valence-corrected chi connectivity index (χ4v) is 5.51. The normalized spacial score (nSPS) is 20.1. The van der Waals surface area contributed by atoms with Crippen LogP contribution in [0.3, 0.4) is 0 Å². The minimum Gasteiger partial charge on any atom is -0.481 e. The summed E-state index contributed by atoms with van der Waals surface area (Å²) < 4.78 is 70.6. The predicted octanol–water partition coefficient (Wildman–Crippen LogP) is 5.62. The van der Waals surface area contributed by atoms with Gasteiger partial charge in [0.15, 0.2) is 5.69 Å². The third-order valence-corrected chi connectivity index (χ3v) is 7.69. The summed E-state index contributed by atoms with van der Waals surface area (Å²) in [6.07, 6.45) is -1.18. The number of aliphatic carboxylic acids is 1. The van der Waals surface area contributed by atoms with Crippen molar-refractivity contribution in [3.05, 3.63) is 41.6 Å². The Kier molecular flexibility index (Phi) is 8.63. The maximum Gasteiger partial charge on any atom is 0.417 e. The zero-order valence-electron chi connectivity index (χ0n) is 21.7. The van der Waals surface area contributed by atoms with Gasteiger partial charge in [0.2, 0.25) is 0 Å². The first kappa shape index (κ1) is 29.0. The van der Waals surface area contributed by atoms with Gasteiger partial charge in [-0.1, -0.05) is 31.0 Å². The highest BCUT2D eigenvalue weighted by Gasteiger charge is 2.37. The van der Waals surface area contributed by atoms with E-state index in [1.165, 1.54) is 35.9 Å². The number of benzene rings is 1. The number of carbonyl (C=O) groups is 2. The van der Waals surface area contributed by atoms with E-state index in [2.05, 4.69) is 10.4 Å². The second-order valence-electron chi connectivity index (χ2n) is 10.6. The van der Waals surface area contributed by atoms with E-state index in [9.17, 15) is 36.6 Å². The molecule has 12 heteroatoms. The third-order valence-electron chi connectivity index (χ3n) is 7.69. The monoisotopic (exact) mass is 556 g/mol. The van der Waals surface area contributed by atoms with Gasteiger partial charge in [-0.15, -0.1) is 0 Å². The number of piperidine rings is 1. The number of alkyl halides is 5. The molecule has 1 saturated carbocycles. The predicted molar refractivity (Wildman–Crippen MR) is 133 cm³/mol. The van der Waals surface area contributed by atoms with Crippen molar-refractivity contribution in [1.82, 2.24) is 20.0 Å². The van der Waals surface area contributed by atoms with E-state index in [-0.39, 0.29) is 42.4 Å². The van der Waals surface area contributed by atoms with Crippen LogP contribution in [-0.4, -0.2) is 63.3 Å². The number of hydrogen-bond acceptors (Lipinski definition) is 4. The molecule has 1 saturated heterocycles. The summed E-state index contributed by atoms with van der Waals surface area (Å²) in [5.74, 6) is -5.73. The minimum atomic E-state index is -4.61. The lowest BCUT2D eigenvalue weighted by molar-refractivity contribution is -0.142. The highest BCUT2D eigenvalue weighted by atomic mass is 19.4. The first-order chi connectivity index (χ1) is 18.4. The Morgan fingerprint density at radius 3 is 2.51 bits per heavy atom. The van der Waals surface area contributed by atoms with Gasteiger partial charge in [0.25, 0.3) is 11.8 Å². The fraction of sp³-hybridized carbons (Fsp3) is 0.593. The topological polar surface area (TPSA) is 87.5 Å². The molecule has 2 fully saturated rings. The second-order valence-corrected chi connectivity index (χ2v) is 10.6. The lowest BCUT2D eigenvalue weighted by atomic mass is 9.97. The molecule has 214 valence electrons. The van der Waals surface area contributed by atoms with Crippen molar-refractivity contribution in [3.8, 4) is 11.3 Å². The first-order valence-corrected chi connectivity index (χ1v) is 13.3. The lowest BCUT2D eigenvalue weighted by Crippen LogP contribution is -2.47. The molecule has 0 bridgehead atoms. The average molecular weight is 557 g/mol. The molecule has 1 aliphatic carbocycles. The van der Waals surface area contributed by atoms with Gasteiger partial charge in [0.05, 0.1) is 29.8 Å². The molecule has 2 aromatic rings. The summed E-state index contributed by atoms with van der Waals surface area (Å²) in [4.78, 5) is 26.6. The molecule has 0 spiro atoms. The van der Waals surface area contributed by atoms with Crippen molar-refractivity contribution in [2.45, 2.75) is 76.1 Å². The zero-order valence-corrected chi connectivity index (χ0v) is 21.7. The largest absolute Gasteiger partial charge is 0.481 e. The molecular weight excluding hydrogens is 523 g/mol. The van der Waals surface area contributed by atoms with Crippen molar-refractivity contribution < 1.29 is 36.6 Å². The number of carboxylic acid groups (broad SMARTS) is 1. The highest BCUT2D eigenvalue weighted by molar-refractivity contribution is 5.94. The molecule has 2 atom stereocenters. The van der Waals surface area contributed by atoms with Crippen molar-refractivity contribution in [1.29, 1.82) is 0 Å². The molecule has 0 radical (unpaired) electrons. The van der Waals surface area contributed by atoms with Crippen LogP contribution in [0, 0.1) is 5.92 Å². The summed E-state index contributed by atoms with van der Waals surface area (Å²) in [5.41, 5.74) is -0.893. The number of rotatable bonds is 9. The molecule has 1 aliphatic heterocycles. The van der Waals surface area contributed by atoms with E-state index in [1.807, 2.05) is 0 Å². The van der Waals surface area contributed by atoms with Crippen LogP contribution in [0.4, 0.5) is 22.0 Å². The lowest BCUT2D eigenvalue weighted by Gasteiger charge is -2.33. The fourth-order valence-electron chi connectivity index (χ4n) is 5.51. The van der Waals surface area contributed by atoms with Crippen LogP contribution >= 0.6 is 0 Å². The molecule has 1 aromatic heterocycles. The molecule has 1 unspecified atom stereocenters. The van der Waals surface area contributed by atoms with Gasteiger partial charge in [-0.3, -0.25) is 19.2 Å². The number of likely N-dealkylation sites (tertiary alicyclic amines) is 1. The van der Waals surface area contributed by atoms with Gasteiger partial charge in [-0.05, 0) is 51.3 Å². The summed E-state index contributed by atoms with van der Waals surface area (Å²) in [6.45, 7) is 1.60. The Balaban J connectivity index is 1.60. The Bertz CT molecular complexity index is 1180. The number of carboxylic acids is 1. The van der Waals surface area contributed by atoms with Gasteiger partial charge in [0.1, 0.15) is 0 Å². The number of hydrogen-bond donors (Lipinski definition) is 2. The van der Waals surface area contributed by atoms with Crippen LogP contribution in [0.2, 0.25) is 0 Å².